The van der Waals surface area contributed by atoms with Crippen LogP contribution >= 0.6 is 12.4 Å². The van der Waals surface area contributed by atoms with Gasteiger partial charge in [-0.15, -0.1) is 12.4 Å². The molecular weight excluding hydrogens is 305 g/mol. The molecule has 21 heavy (non-hydrogen) atoms. The van der Waals surface area contributed by atoms with Crippen LogP contribution in [0.5, 0.6) is 11.5 Å². The summed E-state index contributed by atoms with van der Waals surface area (Å²) in [5.74, 6) is -0.0264. The molecule has 0 fully saturated rings. The van der Waals surface area contributed by atoms with Crippen LogP contribution in [-0.4, -0.2) is 4.98 Å². The first-order chi connectivity index (χ1) is 9.38. The highest BCUT2D eigenvalue weighted by molar-refractivity contribution is 5.85. The minimum absolute atomic E-state index is 0. The Balaban J connectivity index is 0.00000220. The summed E-state index contributed by atoms with van der Waals surface area (Å²) in [6.07, 6.45) is -3.48. The van der Waals surface area contributed by atoms with Crippen molar-refractivity contribution < 1.29 is 17.9 Å². The summed E-state index contributed by atoms with van der Waals surface area (Å²) in [5, 5.41) is 0. The van der Waals surface area contributed by atoms with Gasteiger partial charge in [0.25, 0.3) is 0 Å². The molecule has 2 rings (SSSR count). The summed E-state index contributed by atoms with van der Waals surface area (Å²) in [5.41, 5.74) is 5.53. The van der Waals surface area contributed by atoms with Gasteiger partial charge in [-0.1, -0.05) is 12.1 Å². The Morgan fingerprint density at radius 3 is 2.29 bits per heavy atom. The lowest BCUT2D eigenvalue weighted by atomic mass is 10.1. The average molecular weight is 319 g/mol. The van der Waals surface area contributed by atoms with Gasteiger partial charge in [0.2, 0.25) is 0 Å². The zero-order valence-corrected chi connectivity index (χ0v) is 11.9. The van der Waals surface area contributed by atoms with E-state index in [1.807, 2.05) is 6.92 Å². The molecule has 0 aliphatic heterocycles. The Hall–Kier alpha value is -1.79. The van der Waals surface area contributed by atoms with E-state index < -0.39 is 11.9 Å². The minimum atomic E-state index is -4.55. The average Bonchev–Trinajstić information content (AvgIpc) is 2.38. The van der Waals surface area contributed by atoms with E-state index in [2.05, 4.69) is 4.98 Å². The normalized spacial score (nSPS) is 12.4. The fourth-order valence-electron chi connectivity index (χ4n) is 1.65. The molecule has 1 atom stereocenters. The number of benzene rings is 1. The van der Waals surface area contributed by atoms with Crippen LogP contribution in [0.1, 0.15) is 24.2 Å². The highest BCUT2D eigenvalue weighted by Gasteiger charge is 2.36. The summed E-state index contributed by atoms with van der Waals surface area (Å²) >= 11 is 0. The Morgan fingerprint density at radius 2 is 1.76 bits per heavy atom. The summed E-state index contributed by atoms with van der Waals surface area (Å²) in [4.78, 5) is 3.32. The van der Waals surface area contributed by atoms with Crippen LogP contribution in [0.15, 0.2) is 42.6 Å². The van der Waals surface area contributed by atoms with Gasteiger partial charge in [0.05, 0.1) is 0 Å². The van der Waals surface area contributed by atoms with Gasteiger partial charge in [0, 0.05) is 12.2 Å². The van der Waals surface area contributed by atoms with E-state index in [9.17, 15) is 13.2 Å². The fraction of sp³-hybridized carbons (Fsp3) is 0.214. The molecule has 1 heterocycles. The molecule has 1 unspecified atom stereocenters. The molecule has 1 aromatic heterocycles. The van der Waals surface area contributed by atoms with Crippen molar-refractivity contribution in [2.45, 2.75) is 19.1 Å². The molecule has 0 aliphatic rings. The molecule has 114 valence electrons. The third-order valence-electron chi connectivity index (χ3n) is 2.67. The first kappa shape index (κ1) is 17.3. The molecule has 2 N–H and O–H groups in total. The first-order valence-electron chi connectivity index (χ1n) is 5.93. The standard InChI is InChI=1S/C14H13F3N2O.ClH/c1-9(18)10-4-6-11(7-5-10)20-12-3-2-8-19-13(12)14(15,16)17;/h2-9H,18H2,1H3;1H. The van der Waals surface area contributed by atoms with Crippen molar-refractivity contribution in [2.75, 3.05) is 0 Å². The number of rotatable bonds is 3. The maximum Gasteiger partial charge on any atom is 0.437 e. The lowest BCUT2D eigenvalue weighted by molar-refractivity contribution is -0.142. The van der Waals surface area contributed by atoms with Crippen LogP contribution in [0.2, 0.25) is 0 Å². The third-order valence-corrected chi connectivity index (χ3v) is 2.67. The van der Waals surface area contributed by atoms with Crippen LogP contribution < -0.4 is 10.5 Å². The number of hydrogen-bond acceptors (Lipinski definition) is 3. The van der Waals surface area contributed by atoms with Crippen molar-refractivity contribution in [1.82, 2.24) is 4.98 Å². The lowest BCUT2D eigenvalue weighted by Crippen LogP contribution is -2.09. The molecule has 3 nitrogen and oxygen atoms in total. The van der Waals surface area contributed by atoms with Crippen molar-refractivity contribution in [1.29, 1.82) is 0 Å². The number of halogens is 4. The van der Waals surface area contributed by atoms with Crippen molar-refractivity contribution in [2.24, 2.45) is 5.73 Å². The smallest absolute Gasteiger partial charge is 0.437 e. The van der Waals surface area contributed by atoms with E-state index in [4.69, 9.17) is 10.5 Å². The summed E-state index contributed by atoms with van der Waals surface area (Å²) in [6.45, 7) is 1.82. The van der Waals surface area contributed by atoms with Gasteiger partial charge in [-0.2, -0.15) is 13.2 Å². The lowest BCUT2D eigenvalue weighted by Gasteiger charge is -2.13. The highest BCUT2D eigenvalue weighted by Crippen LogP contribution is 2.36. The van der Waals surface area contributed by atoms with E-state index >= 15 is 0 Å². The number of ether oxygens (including phenoxy) is 1. The van der Waals surface area contributed by atoms with Gasteiger partial charge >= 0.3 is 6.18 Å². The number of alkyl halides is 3. The van der Waals surface area contributed by atoms with Crippen LogP contribution in [0.3, 0.4) is 0 Å². The van der Waals surface area contributed by atoms with Crippen LogP contribution in [0.25, 0.3) is 0 Å². The Morgan fingerprint density at radius 1 is 1.14 bits per heavy atom. The monoisotopic (exact) mass is 318 g/mol. The summed E-state index contributed by atoms with van der Waals surface area (Å²) in [6, 6.07) is 9.05. The van der Waals surface area contributed by atoms with E-state index in [-0.39, 0.29) is 24.2 Å². The number of pyridine rings is 1. The quantitative estimate of drug-likeness (QED) is 0.916. The van der Waals surface area contributed by atoms with Gasteiger partial charge in [-0.05, 0) is 36.8 Å². The van der Waals surface area contributed by atoms with Crippen molar-refractivity contribution in [3.63, 3.8) is 0 Å². The van der Waals surface area contributed by atoms with E-state index in [1.54, 1.807) is 24.3 Å². The van der Waals surface area contributed by atoms with Crippen LogP contribution in [0.4, 0.5) is 13.2 Å². The van der Waals surface area contributed by atoms with Gasteiger partial charge < -0.3 is 10.5 Å². The fourth-order valence-corrected chi connectivity index (χ4v) is 1.65. The SMILES string of the molecule is CC(N)c1ccc(Oc2cccnc2C(F)(F)F)cc1.Cl. The largest absolute Gasteiger partial charge is 0.455 e. The number of nitrogens with zero attached hydrogens (tertiary/aromatic N) is 1. The Labute approximate surface area is 126 Å². The molecule has 0 spiro atoms. The zero-order valence-electron chi connectivity index (χ0n) is 11.1. The van der Waals surface area contributed by atoms with Gasteiger partial charge in [0.1, 0.15) is 5.75 Å². The minimum Gasteiger partial charge on any atom is -0.455 e. The number of nitrogens with two attached hydrogens (primary N) is 1. The van der Waals surface area contributed by atoms with Crippen LogP contribution in [-0.2, 0) is 6.18 Å². The number of aromatic nitrogens is 1. The van der Waals surface area contributed by atoms with Gasteiger partial charge in [-0.3, -0.25) is 0 Å². The van der Waals surface area contributed by atoms with Crippen molar-refractivity contribution in [3.05, 3.63) is 53.9 Å². The van der Waals surface area contributed by atoms with Crippen molar-refractivity contribution in [3.8, 4) is 11.5 Å². The second-order valence-corrected chi connectivity index (χ2v) is 4.31. The summed E-state index contributed by atoms with van der Waals surface area (Å²) < 4.78 is 43.5. The zero-order chi connectivity index (χ0) is 14.8. The van der Waals surface area contributed by atoms with Gasteiger partial charge in [-0.25, -0.2) is 4.98 Å². The maximum absolute atomic E-state index is 12.8. The number of hydrogen-bond donors (Lipinski definition) is 1. The first-order valence-corrected chi connectivity index (χ1v) is 5.93. The van der Waals surface area contributed by atoms with Crippen LogP contribution in [0, 0.1) is 0 Å². The maximum atomic E-state index is 12.8. The Kier molecular flexibility index (Phi) is 5.57. The molecule has 0 aliphatic carbocycles. The highest BCUT2D eigenvalue weighted by atomic mass is 35.5. The molecule has 0 saturated heterocycles. The summed E-state index contributed by atoms with van der Waals surface area (Å²) in [7, 11) is 0. The molecule has 0 saturated carbocycles. The van der Waals surface area contributed by atoms with E-state index in [0.29, 0.717) is 5.75 Å². The third kappa shape index (κ3) is 4.34. The van der Waals surface area contributed by atoms with Gasteiger partial charge in [0.15, 0.2) is 11.4 Å². The predicted octanol–water partition coefficient (Wildman–Crippen LogP) is 4.33. The second-order valence-electron chi connectivity index (χ2n) is 4.31. The second kappa shape index (κ2) is 6.78. The molecule has 0 bridgehead atoms. The van der Waals surface area contributed by atoms with E-state index in [0.717, 1.165) is 11.8 Å². The Bertz CT molecular complexity index is 586. The molecule has 7 heteroatoms. The molecule has 0 radical (unpaired) electrons. The van der Waals surface area contributed by atoms with Crippen molar-refractivity contribution >= 4 is 12.4 Å². The molecule has 2 aromatic rings. The molecule has 0 amide bonds. The topological polar surface area (TPSA) is 48.1 Å². The van der Waals surface area contributed by atoms with E-state index in [1.165, 1.54) is 12.1 Å². The predicted molar refractivity (Wildman–Crippen MR) is 75.6 cm³/mol. The molecule has 1 aromatic carbocycles. The molecular formula is C14H14ClF3N2O.